The first-order valence-electron chi connectivity index (χ1n) is 6.29. The fraction of sp³-hybridized carbons (Fsp3) is 0.714. The highest BCUT2D eigenvalue weighted by Gasteiger charge is 2.52. The van der Waals surface area contributed by atoms with Gasteiger partial charge >= 0.3 is 18.1 Å². The van der Waals surface area contributed by atoms with Crippen LogP contribution < -0.4 is 0 Å². The summed E-state index contributed by atoms with van der Waals surface area (Å²) in [7, 11) is 0. The summed E-state index contributed by atoms with van der Waals surface area (Å²) < 4.78 is 47.5. The van der Waals surface area contributed by atoms with Crippen LogP contribution in [-0.2, 0) is 19.1 Å². The standard InChI is InChI=1S/C14H21F3O4/c1-8(2)9(3)10(18)20-12(4,5)11(19)21-13(6,7)14(15,16)17/h1-7H3. The van der Waals surface area contributed by atoms with Crippen molar-refractivity contribution in [3.05, 3.63) is 11.1 Å². The van der Waals surface area contributed by atoms with Crippen molar-refractivity contribution < 1.29 is 32.2 Å². The molecule has 0 heterocycles. The molecule has 0 aromatic rings. The van der Waals surface area contributed by atoms with E-state index < -0.39 is 29.3 Å². The maximum Gasteiger partial charge on any atom is 0.427 e. The lowest BCUT2D eigenvalue weighted by Gasteiger charge is -2.32. The van der Waals surface area contributed by atoms with Crippen LogP contribution in [0.1, 0.15) is 48.5 Å². The Bertz CT molecular complexity index is 455. The molecule has 0 saturated carbocycles. The molecule has 0 aliphatic heterocycles. The van der Waals surface area contributed by atoms with Gasteiger partial charge in [-0.3, -0.25) is 0 Å². The van der Waals surface area contributed by atoms with Crippen molar-refractivity contribution in [2.75, 3.05) is 0 Å². The minimum absolute atomic E-state index is 0.283. The fourth-order valence-electron chi connectivity index (χ4n) is 0.967. The summed E-state index contributed by atoms with van der Waals surface area (Å²) >= 11 is 0. The smallest absolute Gasteiger partial charge is 0.427 e. The zero-order valence-corrected chi connectivity index (χ0v) is 13.3. The second kappa shape index (κ2) is 6.07. The van der Waals surface area contributed by atoms with Crippen LogP contribution in [0.25, 0.3) is 0 Å². The third-order valence-electron chi connectivity index (χ3n) is 2.93. The SMILES string of the molecule is CC(C)=C(C)C(=O)OC(C)(C)C(=O)OC(C)(C)C(F)(F)F. The van der Waals surface area contributed by atoms with Gasteiger partial charge in [0.1, 0.15) is 0 Å². The summed E-state index contributed by atoms with van der Waals surface area (Å²) in [5.41, 5.74) is -3.53. The Morgan fingerprint density at radius 2 is 1.29 bits per heavy atom. The van der Waals surface area contributed by atoms with Gasteiger partial charge in [0.15, 0.2) is 0 Å². The van der Waals surface area contributed by atoms with Crippen molar-refractivity contribution in [3.8, 4) is 0 Å². The normalized spacial score (nSPS) is 12.7. The first-order valence-corrected chi connectivity index (χ1v) is 6.29. The summed E-state index contributed by atoms with van der Waals surface area (Å²) in [6.07, 6.45) is -4.72. The van der Waals surface area contributed by atoms with E-state index in [1.807, 2.05) is 0 Å². The van der Waals surface area contributed by atoms with E-state index in [0.717, 1.165) is 13.8 Å². The monoisotopic (exact) mass is 310 g/mol. The molecule has 0 radical (unpaired) electrons. The highest BCUT2D eigenvalue weighted by molar-refractivity contribution is 5.91. The van der Waals surface area contributed by atoms with Gasteiger partial charge in [0.25, 0.3) is 0 Å². The van der Waals surface area contributed by atoms with Gasteiger partial charge in [0, 0.05) is 5.57 Å². The van der Waals surface area contributed by atoms with Crippen LogP contribution in [0.3, 0.4) is 0 Å². The number of hydrogen-bond donors (Lipinski definition) is 0. The van der Waals surface area contributed by atoms with E-state index in [-0.39, 0.29) is 5.57 Å². The first-order chi connectivity index (χ1) is 9.12. The number of carbonyl (C=O) groups excluding carboxylic acids is 2. The van der Waals surface area contributed by atoms with E-state index >= 15 is 0 Å². The largest absolute Gasteiger partial charge is 0.447 e. The minimum atomic E-state index is -4.72. The Balaban J connectivity index is 5.07. The quantitative estimate of drug-likeness (QED) is 0.588. The minimum Gasteiger partial charge on any atom is -0.447 e. The van der Waals surface area contributed by atoms with Crippen molar-refractivity contribution in [1.29, 1.82) is 0 Å². The summed E-state index contributed by atoms with van der Waals surface area (Å²) in [5, 5.41) is 0. The molecule has 0 aromatic carbocycles. The lowest BCUT2D eigenvalue weighted by Crippen LogP contribution is -2.49. The number of esters is 2. The van der Waals surface area contributed by atoms with Crippen LogP contribution in [0.15, 0.2) is 11.1 Å². The lowest BCUT2D eigenvalue weighted by atomic mass is 10.1. The average molecular weight is 310 g/mol. The molecule has 0 amide bonds. The summed E-state index contributed by atoms with van der Waals surface area (Å²) in [4.78, 5) is 23.6. The molecule has 7 heteroatoms. The van der Waals surface area contributed by atoms with E-state index in [1.165, 1.54) is 20.8 Å². The number of alkyl halides is 3. The number of allylic oxidation sites excluding steroid dienone is 1. The average Bonchev–Trinajstić information content (AvgIpc) is 2.24. The van der Waals surface area contributed by atoms with Gasteiger partial charge in [-0.25, -0.2) is 9.59 Å². The molecule has 0 N–H and O–H groups in total. The molecule has 122 valence electrons. The molecule has 4 nitrogen and oxygen atoms in total. The molecule has 0 bridgehead atoms. The summed E-state index contributed by atoms with van der Waals surface area (Å²) in [5.74, 6) is -2.04. The fourth-order valence-corrected chi connectivity index (χ4v) is 0.967. The van der Waals surface area contributed by atoms with Crippen LogP contribution in [-0.4, -0.2) is 29.3 Å². The predicted octanol–water partition coefficient (Wildman–Crippen LogP) is 3.55. The summed E-state index contributed by atoms with van der Waals surface area (Å²) in [6, 6.07) is 0. The lowest BCUT2D eigenvalue weighted by molar-refractivity contribution is -0.263. The van der Waals surface area contributed by atoms with Gasteiger partial charge in [-0.05, 0) is 48.5 Å². The molecule has 0 aliphatic carbocycles. The Hall–Kier alpha value is -1.53. The predicted molar refractivity (Wildman–Crippen MR) is 70.4 cm³/mol. The summed E-state index contributed by atoms with van der Waals surface area (Å²) in [6.45, 7) is 8.66. The Morgan fingerprint density at radius 3 is 1.62 bits per heavy atom. The van der Waals surface area contributed by atoms with E-state index in [2.05, 4.69) is 4.74 Å². The van der Waals surface area contributed by atoms with E-state index in [9.17, 15) is 22.8 Å². The van der Waals surface area contributed by atoms with Crippen LogP contribution in [0.2, 0.25) is 0 Å². The highest BCUT2D eigenvalue weighted by Crippen LogP contribution is 2.34. The van der Waals surface area contributed by atoms with E-state index in [1.54, 1.807) is 13.8 Å². The molecular weight excluding hydrogens is 289 g/mol. The Kier molecular flexibility index (Phi) is 5.63. The Morgan fingerprint density at radius 1 is 0.857 bits per heavy atom. The van der Waals surface area contributed by atoms with Crippen molar-refractivity contribution >= 4 is 11.9 Å². The molecule has 0 aliphatic rings. The molecule has 0 fully saturated rings. The van der Waals surface area contributed by atoms with Crippen molar-refractivity contribution in [3.63, 3.8) is 0 Å². The third-order valence-corrected chi connectivity index (χ3v) is 2.93. The highest BCUT2D eigenvalue weighted by atomic mass is 19.4. The topological polar surface area (TPSA) is 52.6 Å². The number of hydrogen-bond acceptors (Lipinski definition) is 4. The van der Waals surface area contributed by atoms with Gasteiger partial charge in [-0.15, -0.1) is 0 Å². The van der Waals surface area contributed by atoms with E-state index in [4.69, 9.17) is 4.74 Å². The number of rotatable bonds is 4. The van der Waals surface area contributed by atoms with Crippen LogP contribution in [0.4, 0.5) is 13.2 Å². The van der Waals surface area contributed by atoms with Crippen LogP contribution >= 0.6 is 0 Å². The third kappa shape index (κ3) is 5.06. The second-order valence-corrected chi connectivity index (χ2v) is 5.92. The second-order valence-electron chi connectivity index (χ2n) is 5.92. The van der Waals surface area contributed by atoms with Gasteiger partial charge < -0.3 is 9.47 Å². The van der Waals surface area contributed by atoms with Crippen molar-refractivity contribution in [2.45, 2.75) is 65.8 Å². The van der Waals surface area contributed by atoms with Crippen molar-refractivity contribution in [2.24, 2.45) is 0 Å². The Labute approximate surface area is 122 Å². The molecule has 21 heavy (non-hydrogen) atoms. The zero-order chi connectivity index (χ0) is 17.2. The number of carbonyl (C=O) groups is 2. The molecule has 0 saturated heterocycles. The van der Waals surface area contributed by atoms with E-state index in [0.29, 0.717) is 5.57 Å². The van der Waals surface area contributed by atoms with Crippen LogP contribution in [0.5, 0.6) is 0 Å². The molecular formula is C14H21F3O4. The van der Waals surface area contributed by atoms with Crippen LogP contribution in [0, 0.1) is 0 Å². The zero-order valence-electron chi connectivity index (χ0n) is 13.3. The van der Waals surface area contributed by atoms with Gasteiger partial charge in [0.2, 0.25) is 11.2 Å². The van der Waals surface area contributed by atoms with Gasteiger partial charge in [0.05, 0.1) is 0 Å². The number of ether oxygens (including phenoxy) is 2. The van der Waals surface area contributed by atoms with Gasteiger partial charge in [-0.2, -0.15) is 13.2 Å². The molecule has 0 unspecified atom stereocenters. The molecule has 0 atom stereocenters. The molecule has 0 rings (SSSR count). The first kappa shape index (κ1) is 19.5. The maximum atomic E-state index is 12.7. The number of halogens is 3. The molecule has 0 spiro atoms. The maximum absolute atomic E-state index is 12.7. The molecule has 0 aromatic heterocycles. The van der Waals surface area contributed by atoms with Crippen molar-refractivity contribution in [1.82, 2.24) is 0 Å². The van der Waals surface area contributed by atoms with Gasteiger partial charge in [-0.1, -0.05) is 5.57 Å².